The fraction of sp³-hybridized carbons (Fsp3) is 0.647. The Labute approximate surface area is 123 Å². The zero-order chi connectivity index (χ0) is 14.2. The number of nitrogens with one attached hydrogen (secondary N) is 1. The minimum Gasteiger partial charge on any atom is -0.384 e. The Morgan fingerprint density at radius 2 is 1.80 bits per heavy atom. The van der Waals surface area contributed by atoms with Gasteiger partial charge in [0.1, 0.15) is 0 Å². The Bertz CT molecular complexity index is 369. The molecule has 1 heterocycles. The molecule has 1 saturated heterocycles. The first-order valence-electron chi connectivity index (χ1n) is 7.81. The highest BCUT2D eigenvalue weighted by Gasteiger charge is 2.18. The Kier molecular flexibility index (Phi) is 6.51. The number of methoxy groups -OCH3 is 1. The molecule has 1 aromatic carbocycles. The molecule has 1 aromatic rings. The van der Waals surface area contributed by atoms with Crippen molar-refractivity contribution in [2.24, 2.45) is 5.92 Å². The normalized spacial score (nSPS) is 17.5. The number of hydrogen-bond donors (Lipinski definition) is 1. The number of likely N-dealkylation sites (tertiary alicyclic amines) is 1. The largest absolute Gasteiger partial charge is 0.384 e. The van der Waals surface area contributed by atoms with Crippen LogP contribution in [0.1, 0.15) is 30.9 Å². The van der Waals surface area contributed by atoms with Gasteiger partial charge in [-0.1, -0.05) is 31.2 Å². The van der Waals surface area contributed by atoms with E-state index in [1.807, 2.05) is 0 Å². The van der Waals surface area contributed by atoms with E-state index in [2.05, 4.69) is 41.4 Å². The second-order valence-electron chi connectivity index (χ2n) is 5.77. The minimum atomic E-state index is 0.763. The van der Waals surface area contributed by atoms with Crippen LogP contribution in [0.15, 0.2) is 24.3 Å². The van der Waals surface area contributed by atoms with E-state index in [9.17, 15) is 0 Å². The molecule has 3 nitrogen and oxygen atoms in total. The molecule has 0 unspecified atom stereocenters. The summed E-state index contributed by atoms with van der Waals surface area (Å²) in [5.74, 6) is 0.763. The van der Waals surface area contributed by atoms with E-state index in [4.69, 9.17) is 4.74 Å². The SMILES string of the molecule is CCNCc1ccc(CN2CCC(COC)CC2)cc1. The van der Waals surface area contributed by atoms with Gasteiger partial charge in [0.25, 0.3) is 0 Å². The average Bonchev–Trinajstić information content (AvgIpc) is 2.49. The van der Waals surface area contributed by atoms with Crippen molar-refractivity contribution in [2.75, 3.05) is 33.4 Å². The molecule has 0 aromatic heterocycles. The topological polar surface area (TPSA) is 24.5 Å². The van der Waals surface area contributed by atoms with Crippen molar-refractivity contribution in [2.45, 2.75) is 32.9 Å². The summed E-state index contributed by atoms with van der Waals surface area (Å²) in [4.78, 5) is 2.56. The van der Waals surface area contributed by atoms with Gasteiger partial charge in [0.05, 0.1) is 0 Å². The molecule has 0 aliphatic carbocycles. The molecular formula is C17H28N2O. The van der Waals surface area contributed by atoms with Crippen molar-refractivity contribution in [3.63, 3.8) is 0 Å². The van der Waals surface area contributed by atoms with Gasteiger partial charge < -0.3 is 10.1 Å². The summed E-state index contributed by atoms with van der Waals surface area (Å²) >= 11 is 0. The van der Waals surface area contributed by atoms with Gasteiger partial charge in [0, 0.05) is 26.8 Å². The summed E-state index contributed by atoms with van der Waals surface area (Å²) in [7, 11) is 1.81. The molecule has 1 aliphatic rings. The Hall–Kier alpha value is -0.900. The number of benzene rings is 1. The molecule has 3 heteroatoms. The Morgan fingerprint density at radius 3 is 2.40 bits per heavy atom. The lowest BCUT2D eigenvalue weighted by atomic mass is 9.97. The fourth-order valence-electron chi connectivity index (χ4n) is 2.84. The van der Waals surface area contributed by atoms with Gasteiger partial charge in [-0.05, 0) is 49.5 Å². The summed E-state index contributed by atoms with van der Waals surface area (Å²) in [6, 6.07) is 9.03. The van der Waals surface area contributed by atoms with Crippen LogP contribution < -0.4 is 5.32 Å². The zero-order valence-electron chi connectivity index (χ0n) is 12.9. The first-order valence-corrected chi connectivity index (χ1v) is 7.81. The second-order valence-corrected chi connectivity index (χ2v) is 5.77. The highest BCUT2D eigenvalue weighted by molar-refractivity contribution is 5.22. The van der Waals surface area contributed by atoms with Gasteiger partial charge in [0.15, 0.2) is 0 Å². The number of piperidine rings is 1. The Balaban J connectivity index is 1.76. The summed E-state index contributed by atoms with van der Waals surface area (Å²) in [6.07, 6.45) is 2.54. The predicted molar refractivity (Wildman–Crippen MR) is 83.7 cm³/mol. The van der Waals surface area contributed by atoms with Gasteiger partial charge in [-0.3, -0.25) is 4.90 Å². The van der Waals surface area contributed by atoms with Crippen molar-refractivity contribution >= 4 is 0 Å². The quantitative estimate of drug-likeness (QED) is 0.828. The van der Waals surface area contributed by atoms with Gasteiger partial charge in [0.2, 0.25) is 0 Å². The van der Waals surface area contributed by atoms with E-state index >= 15 is 0 Å². The second kappa shape index (κ2) is 8.40. The minimum absolute atomic E-state index is 0.763. The molecule has 1 fully saturated rings. The molecular weight excluding hydrogens is 248 g/mol. The standard InChI is InChI=1S/C17H28N2O/c1-3-18-12-15-4-6-16(7-5-15)13-19-10-8-17(9-11-19)14-20-2/h4-7,17-18H,3,8-14H2,1-2H3. The third-order valence-electron chi connectivity index (χ3n) is 4.12. The van der Waals surface area contributed by atoms with Crippen LogP contribution in [0.2, 0.25) is 0 Å². The summed E-state index contributed by atoms with van der Waals surface area (Å²) in [5.41, 5.74) is 2.80. The zero-order valence-corrected chi connectivity index (χ0v) is 12.9. The van der Waals surface area contributed by atoms with E-state index in [0.717, 1.165) is 32.2 Å². The molecule has 0 spiro atoms. The van der Waals surface area contributed by atoms with Crippen LogP contribution >= 0.6 is 0 Å². The molecule has 0 saturated carbocycles. The first-order chi connectivity index (χ1) is 9.81. The molecule has 0 bridgehead atoms. The molecule has 1 aliphatic heterocycles. The van der Waals surface area contributed by atoms with Gasteiger partial charge >= 0.3 is 0 Å². The van der Waals surface area contributed by atoms with Crippen LogP contribution in [0.4, 0.5) is 0 Å². The molecule has 0 amide bonds. The highest BCUT2D eigenvalue weighted by Crippen LogP contribution is 2.19. The maximum Gasteiger partial charge on any atom is 0.0491 e. The van der Waals surface area contributed by atoms with Crippen molar-refractivity contribution in [3.05, 3.63) is 35.4 Å². The fourth-order valence-corrected chi connectivity index (χ4v) is 2.84. The first kappa shape index (κ1) is 15.5. The van der Waals surface area contributed by atoms with Gasteiger partial charge in [-0.15, -0.1) is 0 Å². The number of rotatable bonds is 7. The van der Waals surface area contributed by atoms with E-state index in [-0.39, 0.29) is 0 Å². The third-order valence-corrected chi connectivity index (χ3v) is 4.12. The highest BCUT2D eigenvalue weighted by atomic mass is 16.5. The van der Waals surface area contributed by atoms with Gasteiger partial charge in [-0.25, -0.2) is 0 Å². The molecule has 20 heavy (non-hydrogen) atoms. The maximum atomic E-state index is 5.26. The van der Waals surface area contributed by atoms with Crippen LogP contribution in [0, 0.1) is 5.92 Å². The monoisotopic (exact) mass is 276 g/mol. The van der Waals surface area contributed by atoms with Crippen molar-refractivity contribution in [1.29, 1.82) is 0 Å². The molecule has 0 atom stereocenters. The molecule has 0 radical (unpaired) electrons. The van der Waals surface area contributed by atoms with Crippen LogP contribution in [-0.4, -0.2) is 38.3 Å². The summed E-state index contributed by atoms with van der Waals surface area (Å²) < 4.78 is 5.26. The molecule has 1 N–H and O–H groups in total. The van der Waals surface area contributed by atoms with Crippen LogP contribution in [-0.2, 0) is 17.8 Å². The molecule has 112 valence electrons. The predicted octanol–water partition coefficient (Wildman–Crippen LogP) is 2.65. The lowest BCUT2D eigenvalue weighted by Gasteiger charge is -2.31. The number of hydrogen-bond acceptors (Lipinski definition) is 3. The van der Waals surface area contributed by atoms with E-state index in [1.165, 1.54) is 37.1 Å². The smallest absolute Gasteiger partial charge is 0.0491 e. The van der Waals surface area contributed by atoms with Gasteiger partial charge in [-0.2, -0.15) is 0 Å². The Morgan fingerprint density at radius 1 is 1.15 bits per heavy atom. The van der Waals surface area contributed by atoms with Crippen LogP contribution in [0.5, 0.6) is 0 Å². The lowest BCUT2D eigenvalue weighted by molar-refractivity contribution is 0.0968. The van der Waals surface area contributed by atoms with Crippen molar-refractivity contribution < 1.29 is 4.74 Å². The summed E-state index contributed by atoms with van der Waals surface area (Å²) in [5, 5.41) is 3.36. The number of nitrogens with zero attached hydrogens (tertiary/aromatic N) is 1. The van der Waals surface area contributed by atoms with E-state index < -0.39 is 0 Å². The molecule has 2 rings (SSSR count). The van der Waals surface area contributed by atoms with Crippen LogP contribution in [0.25, 0.3) is 0 Å². The van der Waals surface area contributed by atoms with Crippen molar-refractivity contribution in [1.82, 2.24) is 10.2 Å². The third kappa shape index (κ3) is 4.89. The maximum absolute atomic E-state index is 5.26. The van der Waals surface area contributed by atoms with E-state index in [1.54, 1.807) is 7.11 Å². The lowest BCUT2D eigenvalue weighted by Crippen LogP contribution is -2.34. The average molecular weight is 276 g/mol. The van der Waals surface area contributed by atoms with E-state index in [0.29, 0.717) is 0 Å². The van der Waals surface area contributed by atoms with Crippen LogP contribution in [0.3, 0.4) is 0 Å². The summed E-state index contributed by atoms with van der Waals surface area (Å²) in [6.45, 7) is 8.55. The van der Waals surface area contributed by atoms with Crippen molar-refractivity contribution in [3.8, 4) is 0 Å². The number of ether oxygens (including phenoxy) is 1.